The van der Waals surface area contributed by atoms with Gasteiger partial charge in [-0.1, -0.05) is 30.7 Å². The van der Waals surface area contributed by atoms with E-state index in [-0.39, 0.29) is 12.1 Å². The van der Waals surface area contributed by atoms with Crippen molar-refractivity contribution in [2.75, 3.05) is 13.1 Å². The highest BCUT2D eigenvalue weighted by molar-refractivity contribution is 6.30. The number of urea groups is 1. The zero-order valence-corrected chi connectivity index (χ0v) is 12.4. The SMILES string of the molecule is CC[C@H](NC(=O)N1CCC[C@H](O)C1)c1ccc(Cl)cc1. The van der Waals surface area contributed by atoms with Crippen LogP contribution in [0.3, 0.4) is 0 Å². The van der Waals surface area contributed by atoms with Crippen molar-refractivity contribution in [1.29, 1.82) is 0 Å². The molecule has 1 aliphatic rings. The van der Waals surface area contributed by atoms with Crippen molar-refractivity contribution >= 4 is 17.6 Å². The fourth-order valence-corrected chi connectivity index (χ4v) is 2.62. The molecule has 0 spiro atoms. The van der Waals surface area contributed by atoms with E-state index < -0.39 is 6.10 Å². The van der Waals surface area contributed by atoms with Crippen LogP contribution in [0.4, 0.5) is 4.79 Å². The third kappa shape index (κ3) is 3.87. The number of hydrogen-bond donors (Lipinski definition) is 2. The molecule has 1 heterocycles. The molecule has 0 bridgehead atoms. The van der Waals surface area contributed by atoms with Crippen molar-refractivity contribution in [3.05, 3.63) is 34.9 Å². The van der Waals surface area contributed by atoms with Crippen molar-refractivity contribution in [2.24, 2.45) is 0 Å². The normalized spacial score (nSPS) is 20.6. The number of carbonyl (C=O) groups excluding carboxylic acids is 1. The molecule has 1 aromatic rings. The number of hydrogen-bond acceptors (Lipinski definition) is 2. The van der Waals surface area contributed by atoms with Gasteiger partial charge in [-0.05, 0) is 37.0 Å². The van der Waals surface area contributed by atoms with E-state index in [1.165, 1.54) is 0 Å². The van der Waals surface area contributed by atoms with E-state index in [0.29, 0.717) is 18.1 Å². The van der Waals surface area contributed by atoms with E-state index in [0.717, 1.165) is 24.8 Å². The summed E-state index contributed by atoms with van der Waals surface area (Å²) in [6.07, 6.45) is 2.04. The van der Waals surface area contributed by atoms with E-state index in [9.17, 15) is 9.90 Å². The van der Waals surface area contributed by atoms with E-state index >= 15 is 0 Å². The monoisotopic (exact) mass is 296 g/mol. The molecule has 1 aliphatic heterocycles. The fourth-order valence-electron chi connectivity index (χ4n) is 2.50. The van der Waals surface area contributed by atoms with Crippen LogP contribution >= 0.6 is 11.6 Å². The van der Waals surface area contributed by atoms with Gasteiger partial charge in [0.15, 0.2) is 0 Å². The number of aliphatic hydroxyl groups is 1. The summed E-state index contributed by atoms with van der Waals surface area (Å²) < 4.78 is 0. The lowest BCUT2D eigenvalue weighted by molar-refractivity contribution is 0.0832. The van der Waals surface area contributed by atoms with Gasteiger partial charge in [-0.25, -0.2) is 4.79 Å². The minimum Gasteiger partial charge on any atom is -0.391 e. The van der Waals surface area contributed by atoms with Crippen LogP contribution in [0.5, 0.6) is 0 Å². The summed E-state index contributed by atoms with van der Waals surface area (Å²) in [6.45, 7) is 3.16. The molecule has 2 amide bonds. The molecule has 0 radical (unpaired) electrons. The molecule has 0 aliphatic carbocycles. The maximum absolute atomic E-state index is 12.2. The number of carbonyl (C=O) groups is 1. The average molecular weight is 297 g/mol. The molecule has 0 unspecified atom stereocenters. The lowest BCUT2D eigenvalue weighted by Crippen LogP contribution is -2.47. The van der Waals surface area contributed by atoms with Crippen molar-refractivity contribution < 1.29 is 9.90 Å². The summed E-state index contributed by atoms with van der Waals surface area (Å²) in [6, 6.07) is 7.39. The van der Waals surface area contributed by atoms with Gasteiger partial charge in [-0.2, -0.15) is 0 Å². The number of halogens is 1. The third-order valence-electron chi connectivity index (χ3n) is 3.66. The number of nitrogens with zero attached hydrogens (tertiary/aromatic N) is 1. The zero-order chi connectivity index (χ0) is 14.5. The largest absolute Gasteiger partial charge is 0.391 e. The minimum absolute atomic E-state index is 0.0289. The van der Waals surface area contributed by atoms with Gasteiger partial charge in [0.25, 0.3) is 0 Å². The first-order valence-corrected chi connectivity index (χ1v) is 7.47. The molecular formula is C15H21ClN2O2. The lowest BCUT2D eigenvalue weighted by Gasteiger charge is -2.31. The van der Waals surface area contributed by atoms with Gasteiger partial charge in [0.05, 0.1) is 12.1 Å². The maximum atomic E-state index is 12.2. The molecule has 2 rings (SSSR count). The molecule has 0 saturated carbocycles. The predicted octanol–water partition coefficient (Wildman–Crippen LogP) is 2.96. The second-order valence-corrected chi connectivity index (χ2v) is 5.64. The van der Waals surface area contributed by atoms with E-state index in [4.69, 9.17) is 11.6 Å². The van der Waals surface area contributed by atoms with Gasteiger partial charge in [-0.3, -0.25) is 0 Å². The Morgan fingerprint density at radius 3 is 2.80 bits per heavy atom. The van der Waals surface area contributed by atoms with Crippen LogP contribution in [-0.4, -0.2) is 35.2 Å². The van der Waals surface area contributed by atoms with Crippen LogP contribution < -0.4 is 5.32 Å². The molecule has 2 atom stereocenters. The number of benzene rings is 1. The van der Waals surface area contributed by atoms with E-state index in [2.05, 4.69) is 5.32 Å². The molecule has 110 valence electrons. The van der Waals surface area contributed by atoms with Gasteiger partial charge in [0.2, 0.25) is 0 Å². The summed E-state index contributed by atoms with van der Waals surface area (Å²) in [7, 11) is 0. The maximum Gasteiger partial charge on any atom is 0.317 e. The first-order valence-electron chi connectivity index (χ1n) is 7.09. The topological polar surface area (TPSA) is 52.6 Å². The first kappa shape index (κ1) is 15.1. The van der Waals surface area contributed by atoms with Crippen molar-refractivity contribution in [3.63, 3.8) is 0 Å². The van der Waals surface area contributed by atoms with Crippen LogP contribution in [0, 0.1) is 0 Å². The summed E-state index contributed by atoms with van der Waals surface area (Å²) >= 11 is 5.88. The van der Waals surface area contributed by atoms with Gasteiger partial charge in [0.1, 0.15) is 0 Å². The Bertz CT molecular complexity index is 450. The third-order valence-corrected chi connectivity index (χ3v) is 3.91. The predicted molar refractivity (Wildman–Crippen MR) is 79.8 cm³/mol. The summed E-state index contributed by atoms with van der Waals surface area (Å²) in [5.41, 5.74) is 1.04. The van der Waals surface area contributed by atoms with Crippen molar-refractivity contribution in [2.45, 2.75) is 38.3 Å². The molecule has 1 fully saturated rings. The quantitative estimate of drug-likeness (QED) is 0.901. The average Bonchev–Trinajstić information content (AvgIpc) is 2.45. The van der Waals surface area contributed by atoms with Crippen LogP contribution in [0.2, 0.25) is 5.02 Å². The Hall–Kier alpha value is -1.26. The Morgan fingerprint density at radius 1 is 1.50 bits per heavy atom. The Labute approximate surface area is 124 Å². The van der Waals surface area contributed by atoms with Gasteiger partial charge in [-0.15, -0.1) is 0 Å². The number of amides is 2. The molecule has 0 aromatic heterocycles. The molecule has 4 nitrogen and oxygen atoms in total. The van der Waals surface area contributed by atoms with Crippen molar-refractivity contribution in [3.8, 4) is 0 Å². The molecule has 5 heteroatoms. The number of rotatable bonds is 3. The Kier molecular flexibility index (Phi) is 5.26. The highest BCUT2D eigenvalue weighted by Crippen LogP contribution is 2.20. The smallest absolute Gasteiger partial charge is 0.317 e. The lowest BCUT2D eigenvalue weighted by atomic mass is 10.0. The van der Waals surface area contributed by atoms with E-state index in [1.54, 1.807) is 4.90 Å². The van der Waals surface area contributed by atoms with Gasteiger partial charge >= 0.3 is 6.03 Å². The fraction of sp³-hybridized carbons (Fsp3) is 0.533. The zero-order valence-electron chi connectivity index (χ0n) is 11.7. The van der Waals surface area contributed by atoms with Crippen LogP contribution in [0.25, 0.3) is 0 Å². The second-order valence-electron chi connectivity index (χ2n) is 5.20. The molecular weight excluding hydrogens is 276 g/mol. The van der Waals surface area contributed by atoms with Gasteiger partial charge < -0.3 is 15.3 Å². The van der Waals surface area contributed by atoms with Crippen LogP contribution in [0.1, 0.15) is 37.8 Å². The molecule has 20 heavy (non-hydrogen) atoms. The first-order chi connectivity index (χ1) is 9.60. The summed E-state index contributed by atoms with van der Waals surface area (Å²) in [5.74, 6) is 0. The highest BCUT2D eigenvalue weighted by Gasteiger charge is 2.23. The van der Waals surface area contributed by atoms with E-state index in [1.807, 2.05) is 31.2 Å². The Morgan fingerprint density at radius 2 is 2.20 bits per heavy atom. The number of β-amino-alcohol motifs (C(OH)–C–C–N with tert-alkyl or cyclic N) is 1. The number of likely N-dealkylation sites (tertiary alicyclic amines) is 1. The van der Waals surface area contributed by atoms with Gasteiger partial charge in [0, 0.05) is 18.1 Å². The number of piperidine rings is 1. The standard InChI is InChI=1S/C15H21ClN2O2/c1-2-14(11-5-7-12(16)8-6-11)17-15(20)18-9-3-4-13(19)10-18/h5-8,13-14,19H,2-4,9-10H2,1H3,(H,17,20)/t13-,14-/m0/s1. The highest BCUT2D eigenvalue weighted by atomic mass is 35.5. The molecule has 1 aromatic carbocycles. The minimum atomic E-state index is -0.398. The van der Waals surface area contributed by atoms with Crippen LogP contribution in [-0.2, 0) is 0 Å². The number of aliphatic hydroxyl groups excluding tert-OH is 1. The second kappa shape index (κ2) is 6.95. The summed E-state index contributed by atoms with van der Waals surface area (Å²) in [5, 5.41) is 13.3. The summed E-state index contributed by atoms with van der Waals surface area (Å²) in [4.78, 5) is 13.9. The van der Waals surface area contributed by atoms with Crippen molar-refractivity contribution in [1.82, 2.24) is 10.2 Å². The van der Waals surface area contributed by atoms with Crippen LogP contribution in [0.15, 0.2) is 24.3 Å². The molecule has 2 N–H and O–H groups in total. The number of nitrogens with one attached hydrogen (secondary N) is 1. The Balaban J connectivity index is 1.98. The molecule has 1 saturated heterocycles.